The third-order valence-electron chi connectivity index (χ3n) is 2.17. The highest BCUT2D eigenvalue weighted by atomic mass is 19.1. The van der Waals surface area contributed by atoms with Gasteiger partial charge in [-0.15, -0.1) is 0 Å². The number of halogens is 2. The summed E-state index contributed by atoms with van der Waals surface area (Å²) in [6.45, 7) is 0.0195. The molecule has 94 valence electrons. The molecule has 0 fully saturated rings. The van der Waals surface area contributed by atoms with Crippen LogP contribution in [0, 0.1) is 21.7 Å². The number of anilines is 1. The molecule has 8 heteroatoms. The van der Waals surface area contributed by atoms with Crippen LogP contribution in [0.15, 0.2) is 28.9 Å². The fourth-order valence-electron chi connectivity index (χ4n) is 1.34. The average Bonchev–Trinajstić information content (AvgIpc) is 2.80. The topological polar surface area (TPSA) is 81.2 Å². The van der Waals surface area contributed by atoms with Crippen LogP contribution >= 0.6 is 0 Å². The molecule has 2 rings (SSSR count). The Balaban J connectivity index is 2.20. The number of rotatable bonds is 4. The van der Waals surface area contributed by atoms with E-state index in [-0.39, 0.29) is 6.54 Å². The Morgan fingerprint density at radius 3 is 2.56 bits per heavy atom. The summed E-state index contributed by atoms with van der Waals surface area (Å²) in [5, 5.41) is 16.3. The zero-order valence-electron chi connectivity index (χ0n) is 8.89. The van der Waals surface area contributed by atoms with Crippen molar-refractivity contribution < 1.29 is 18.2 Å². The van der Waals surface area contributed by atoms with E-state index in [1.807, 2.05) is 0 Å². The summed E-state index contributed by atoms with van der Waals surface area (Å²) in [5.41, 5.74) is -1.09. The van der Waals surface area contributed by atoms with Crippen molar-refractivity contribution in [2.45, 2.75) is 6.54 Å². The number of non-ortho nitro benzene ring substituents is 1. The number of nitro groups is 1. The highest BCUT2D eigenvalue weighted by molar-refractivity contribution is 5.51. The summed E-state index contributed by atoms with van der Waals surface area (Å²) < 4.78 is 31.6. The SMILES string of the molecule is O=[N+]([O-])c1cc(F)c(NCc2ccno2)c(F)c1. The lowest BCUT2D eigenvalue weighted by Crippen LogP contribution is -2.04. The molecule has 18 heavy (non-hydrogen) atoms. The maximum absolute atomic E-state index is 13.4. The van der Waals surface area contributed by atoms with Crippen LogP contribution < -0.4 is 5.32 Å². The fourth-order valence-corrected chi connectivity index (χ4v) is 1.34. The lowest BCUT2D eigenvalue weighted by atomic mass is 10.2. The monoisotopic (exact) mass is 255 g/mol. The van der Waals surface area contributed by atoms with Crippen molar-refractivity contribution in [2.24, 2.45) is 0 Å². The number of nitrogens with one attached hydrogen (secondary N) is 1. The standard InChI is InChI=1S/C10H7F2N3O3/c11-8-3-6(15(16)17)4-9(12)10(8)13-5-7-1-2-14-18-7/h1-4,13H,5H2. The molecule has 0 unspecified atom stereocenters. The second-order valence-corrected chi connectivity index (χ2v) is 3.37. The molecule has 0 aliphatic carbocycles. The van der Waals surface area contributed by atoms with Gasteiger partial charge in [0.25, 0.3) is 5.69 Å². The maximum Gasteiger partial charge on any atom is 0.275 e. The zero-order chi connectivity index (χ0) is 13.1. The first-order valence-electron chi connectivity index (χ1n) is 4.85. The number of hydrogen-bond acceptors (Lipinski definition) is 5. The quantitative estimate of drug-likeness (QED) is 0.670. The molecule has 0 radical (unpaired) electrons. The van der Waals surface area contributed by atoms with Crippen LogP contribution in [-0.4, -0.2) is 10.1 Å². The van der Waals surface area contributed by atoms with E-state index in [1.165, 1.54) is 12.3 Å². The van der Waals surface area contributed by atoms with Crippen molar-refractivity contribution >= 4 is 11.4 Å². The Hall–Kier alpha value is -2.51. The van der Waals surface area contributed by atoms with Gasteiger partial charge in [-0.3, -0.25) is 10.1 Å². The number of nitrogens with zero attached hydrogens (tertiary/aromatic N) is 2. The number of nitro benzene ring substituents is 1. The predicted octanol–water partition coefficient (Wildman–Crippen LogP) is 2.47. The minimum Gasteiger partial charge on any atom is -0.373 e. The zero-order valence-corrected chi connectivity index (χ0v) is 8.89. The minimum atomic E-state index is -1.04. The summed E-state index contributed by atoms with van der Waals surface area (Å²) in [5.74, 6) is -1.70. The molecule has 0 spiro atoms. The first kappa shape index (κ1) is 12.0. The third-order valence-corrected chi connectivity index (χ3v) is 2.17. The number of hydrogen-bond donors (Lipinski definition) is 1. The smallest absolute Gasteiger partial charge is 0.275 e. The second-order valence-electron chi connectivity index (χ2n) is 3.37. The van der Waals surface area contributed by atoms with Crippen molar-refractivity contribution in [3.05, 3.63) is 51.9 Å². The molecule has 0 saturated carbocycles. The van der Waals surface area contributed by atoms with Crippen LogP contribution in [0.4, 0.5) is 20.2 Å². The van der Waals surface area contributed by atoms with Crippen molar-refractivity contribution in [2.75, 3.05) is 5.32 Å². The predicted molar refractivity (Wildman–Crippen MR) is 56.8 cm³/mol. The molecule has 1 aromatic heterocycles. The molecule has 0 aliphatic heterocycles. The Labute approximate surface area is 99.4 Å². The van der Waals surface area contributed by atoms with Crippen LogP contribution in [0.1, 0.15) is 5.76 Å². The summed E-state index contributed by atoms with van der Waals surface area (Å²) in [6.07, 6.45) is 1.39. The van der Waals surface area contributed by atoms with Crippen molar-refractivity contribution in [3.63, 3.8) is 0 Å². The maximum atomic E-state index is 13.4. The molecule has 0 amide bonds. The molecule has 1 aromatic carbocycles. The summed E-state index contributed by atoms with van der Waals surface area (Å²) >= 11 is 0. The third kappa shape index (κ3) is 2.42. The Morgan fingerprint density at radius 1 is 1.39 bits per heavy atom. The Bertz CT molecular complexity index is 549. The number of benzene rings is 1. The van der Waals surface area contributed by atoms with Gasteiger partial charge in [-0.05, 0) is 0 Å². The van der Waals surface area contributed by atoms with Crippen molar-refractivity contribution in [1.82, 2.24) is 5.16 Å². The van der Waals surface area contributed by atoms with Gasteiger partial charge in [-0.1, -0.05) is 5.16 Å². The molecule has 0 saturated heterocycles. The van der Waals surface area contributed by atoms with Gasteiger partial charge in [0.1, 0.15) is 5.69 Å². The minimum absolute atomic E-state index is 0.0195. The Morgan fingerprint density at radius 2 is 2.06 bits per heavy atom. The van der Waals surface area contributed by atoms with Crippen LogP contribution in [-0.2, 0) is 6.54 Å². The molecular weight excluding hydrogens is 248 g/mol. The number of aromatic nitrogens is 1. The normalized spacial score (nSPS) is 10.3. The molecule has 0 bridgehead atoms. The van der Waals surface area contributed by atoms with Crippen molar-refractivity contribution in [3.8, 4) is 0 Å². The van der Waals surface area contributed by atoms with Gasteiger partial charge in [0.15, 0.2) is 17.4 Å². The van der Waals surface area contributed by atoms with E-state index >= 15 is 0 Å². The largest absolute Gasteiger partial charge is 0.373 e. The van der Waals surface area contributed by atoms with Crippen LogP contribution in [0.3, 0.4) is 0 Å². The van der Waals surface area contributed by atoms with Gasteiger partial charge >= 0.3 is 0 Å². The van der Waals surface area contributed by atoms with Crippen molar-refractivity contribution in [1.29, 1.82) is 0 Å². The molecule has 0 aliphatic rings. The van der Waals surface area contributed by atoms with Crippen LogP contribution in [0.25, 0.3) is 0 Å². The first-order chi connectivity index (χ1) is 8.58. The Kier molecular flexibility index (Phi) is 3.18. The van der Waals surface area contributed by atoms with Gasteiger partial charge in [0.05, 0.1) is 29.8 Å². The van der Waals surface area contributed by atoms with Gasteiger partial charge in [-0.25, -0.2) is 8.78 Å². The molecule has 1 heterocycles. The van der Waals surface area contributed by atoms with E-state index in [1.54, 1.807) is 0 Å². The molecule has 1 N–H and O–H groups in total. The van der Waals surface area contributed by atoms with Gasteiger partial charge in [0, 0.05) is 6.07 Å². The molecule has 2 aromatic rings. The van der Waals surface area contributed by atoms with E-state index in [2.05, 4.69) is 10.5 Å². The molecule has 6 nitrogen and oxygen atoms in total. The highest BCUT2D eigenvalue weighted by Gasteiger charge is 2.16. The van der Waals surface area contributed by atoms with E-state index in [4.69, 9.17) is 4.52 Å². The van der Waals surface area contributed by atoms with E-state index in [0.717, 1.165) is 0 Å². The van der Waals surface area contributed by atoms with E-state index < -0.39 is 27.9 Å². The van der Waals surface area contributed by atoms with E-state index in [9.17, 15) is 18.9 Å². The lowest BCUT2D eigenvalue weighted by Gasteiger charge is -2.06. The van der Waals surface area contributed by atoms with Crippen LogP contribution in [0.5, 0.6) is 0 Å². The van der Waals surface area contributed by atoms with Gasteiger partial charge < -0.3 is 9.84 Å². The average molecular weight is 255 g/mol. The second kappa shape index (κ2) is 4.78. The molecule has 0 atom stereocenters. The first-order valence-corrected chi connectivity index (χ1v) is 4.85. The van der Waals surface area contributed by atoms with Crippen LogP contribution in [0.2, 0.25) is 0 Å². The van der Waals surface area contributed by atoms with Gasteiger partial charge in [0.2, 0.25) is 0 Å². The highest BCUT2D eigenvalue weighted by Crippen LogP contribution is 2.25. The summed E-state index contributed by atoms with van der Waals surface area (Å²) in [6, 6.07) is 2.81. The molecular formula is C10H7F2N3O3. The lowest BCUT2D eigenvalue weighted by molar-refractivity contribution is -0.385. The van der Waals surface area contributed by atoms with Gasteiger partial charge in [-0.2, -0.15) is 0 Å². The summed E-state index contributed by atoms with van der Waals surface area (Å²) in [4.78, 5) is 9.52. The fraction of sp³-hybridized carbons (Fsp3) is 0.100. The van der Waals surface area contributed by atoms with E-state index in [0.29, 0.717) is 17.9 Å². The summed E-state index contributed by atoms with van der Waals surface area (Å²) in [7, 11) is 0.